The van der Waals surface area contributed by atoms with Gasteiger partial charge < -0.3 is 10.5 Å². The molecule has 0 saturated carbocycles. The molecule has 1 aromatic carbocycles. The molecule has 90 valence electrons. The fourth-order valence-corrected chi connectivity index (χ4v) is 2.14. The fourth-order valence-electron chi connectivity index (χ4n) is 1.12. The third kappa shape index (κ3) is 3.80. The molecule has 0 fully saturated rings. The summed E-state index contributed by atoms with van der Waals surface area (Å²) in [5.74, 6) is 0. The zero-order valence-electron chi connectivity index (χ0n) is 9.14. The van der Waals surface area contributed by atoms with Gasteiger partial charge in [-0.15, -0.1) is 0 Å². The third-order valence-electron chi connectivity index (χ3n) is 1.93. The van der Waals surface area contributed by atoms with Crippen LogP contribution in [0, 0.1) is 0 Å². The standard InChI is InChI=1S/C10H16N2O3S/c1-2-15-8-7-12-16(13,14)10-5-3-9(11)4-6-10/h3-6,12H,2,7-8,11H2,1H3. The second-order valence-electron chi connectivity index (χ2n) is 3.16. The van der Waals surface area contributed by atoms with Crippen molar-refractivity contribution in [2.24, 2.45) is 0 Å². The minimum Gasteiger partial charge on any atom is -0.399 e. The summed E-state index contributed by atoms with van der Waals surface area (Å²) in [6.45, 7) is 3.06. The van der Waals surface area contributed by atoms with Crippen LogP contribution in [-0.2, 0) is 14.8 Å². The molecule has 0 amide bonds. The molecule has 0 unspecified atom stereocenters. The molecular formula is C10H16N2O3S. The number of nitrogens with one attached hydrogen (secondary N) is 1. The van der Waals surface area contributed by atoms with Crippen LogP contribution in [0.5, 0.6) is 0 Å². The predicted octanol–water partition coefficient (Wildman–Crippen LogP) is 0.584. The van der Waals surface area contributed by atoms with E-state index in [1.54, 1.807) is 12.1 Å². The lowest BCUT2D eigenvalue weighted by Crippen LogP contribution is -2.27. The Morgan fingerprint density at radius 2 is 1.94 bits per heavy atom. The van der Waals surface area contributed by atoms with Crippen LogP contribution in [0.15, 0.2) is 29.2 Å². The maximum absolute atomic E-state index is 11.7. The van der Waals surface area contributed by atoms with Gasteiger partial charge in [-0.3, -0.25) is 0 Å². The van der Waals surface area contributed by atoms with Crippen LogP contribution < -0.4 is 10.5 Å². The van der Waals surface area contributed by atoms with Gasteiger partial charge in [0.15, 0.2) is 0 Å². The van der Waals surface area contributed by atoms with E-state index in [0.717, 1.165) is 0 Å². The molecular weight excluding hydrogens is 228 g/mol. The number of rotatable bonds is 6. The van der Waals surface area contributed by atoms with Crippen molar-refractivity contribution >= 4 is 15.7 Å². The highest BCUT2D eigenvalue weighted by Gasteiger charge is 2.12. The third-order valence-corrected chi connectivity index (χ3v) is 3.41. The number of hydrogen-bond donors (Lipinski definition) is 2. The van der Waals surface area contributed by atoms with Crippen molar-refractivity contribution in [2.75, 3.05) is 25.5 Å². The Kier molecular flexibility index (Phi) is 4.72. The average molecular weight is 244 g/mol. The number of anilines is 1. The molecule has 0 atom stereocenters. The molecule has 6 heteroatoms. The topological polar surface area (TPSA) is 81.4 Å². The number of hydrogen-bond acceptors (Lipinski definition) is 4. The first-order valence-electron chi connectivity index (χ1n) is 4.99. The van der Waals surface area contributed by atoms with E-state index >= 15 is 0 Å². The summed E-state index contributed by atoms with van der Waals surface area (Å²) in [6, 6.07) is 6.05. The Labute approximate surface area is 95.7 Å². The number of benzene rings is 1. The van der Waals surface area contributed by atoms with Crippen LogP contribution in [0.3, 0.4) is 0 Å². The molecule has 3 N–H and O–H groups in total. The summed E-state index contributed by atoms with van der Waals surface area (Å²) in [5, 5.41) is 0. The molecule has 0 heterocycles. The van der Waals surface area contributed by atoms with Crippen molar-refractivity contribution in [1.29, 1.82) is 0 Å². The lowest BCUT2D eigenvalue weighted by atomic mass is 10.3. The second-order valence-corrected chi connectivity index (χ2v) is 4.93. The van der Waals surface area contributed by atoms with Crippen molar-refractivity contribution in [3.05, 3.63) is 24.3 Å². The molecule has 0 saturated heterocycles. The molecule has 5 nitrogen and oxygen atoms in total. The lowest BCUT2D eigenvalue weighted by Gasteiger charge is -2.06. The van der Waals surface area contributed by atoms with Crippen LogP contribution in [0.25, 0.3) is 0 Å². The van der Waals surface area contributed by atoms with Crippen LogP contribution >= 0.6 is 0 Å². The van der Waals surface area contributed by atoms with Gasteiger partial charge in [-0.1, -0.05) is 0 Å². The summed E-state index contributed by atoms with van der Waals surface area (Å²) >= 11 is 0. The van der Waals surface area contributed by atoms with Crippen molar-refractivity contribution in [1.82, 2.24) is 4.72 Å². The molecule has 0 aliphatic rings. The lowest BCUT2D eigenvalue weighted by molar-refractivity contribution is 0.153. The highest BCUT2D eigenvalue weighted by molar-refractivity contribution is 7.89. The fraction of sp³-hybridized carbons (Fsp3) is 0.400. The van der Waals surface area contributed by atoms with E-state index in [0.29, 0.717) is 18.9 Å². The average Bonchev–Trinajstić information content (AvgIpc) is 2.25. The van der Waals surface area contributed by atoms with Gasteiger partial charge in [0.25, 0.3) is 0 Å². The molecule has 0 aliphatic carbocycles. The Hall–Kier alpha value is -1.11. The quantitative estimate of drug-likeness (QED) is 0.566. The summed E-state index contributed by atoms with van der Waals surface area (Å²) < 4.78 is 30.9. The van der Waals surface area contributed by atoms with Gasteiger partial charge in [0, 0.05) is 18.8 Å². The van der Waals surface area contributed by atoms with Crippen LogP contribution in [0.1, 0.15) is 6.92 Å². The summed E-state index contributed by atoms with van der Waals surface area (Å²) in [4.78, 5) is 0.207. The largest absolute Gasteiger partial charge is 0.399 e. The number of ether oxygens (including phenoxy) is 1. The van der Waals surface area contributed by atoms with Gasteiger partial charge in [0.05, 0.1) is 11.5 Å². The van der Waals surface area contributed by atoms with E-state index in [1.807, 2.05) is 6.92 Å². The maximum atomic E-state index is 11.7. The van der Waals surface area contributed by atoms with Gasteiger partial charge >= 0.3 is 0 Å². The number of sulfonamides is 1. The molecule has 0 spiro atoms. The SMILES string of the molecule is CCOCCNS(=O)(=O)c1ccc(N)cc1. The van der Waals surface area contributed by atoms with Crippen LogP contribution in [0.4, 0.5) is 5.69 Å². The Morgan fingerprint density at radius 3 is 2.50 bits per heavy atom. The molecule has 0 bridgehead atoms. The van der Waals surface area contributed by atoms with E-state index in [2.05, 4.69) is 4.72 Å². The molecule has 1 aromatic rings. The number of nitrogens with two attached hydrogens (primary N) is 1. The highest BCUT2D eigenvalue weighted by atomic mass is 32.2. The van der Waals surface area contributed by atoms with Gasteiger partial charge in [-0.2, -0.15) is 0 Å². The van der Waals surface area contributed by atoms with Crippen LogP contribution in [-0.4, -0.2) is 28.2 Å². The van der Waals surface area contributed by atoms with Gasteiger partial charge in [0.2, 0.25) is 10.0 Å². The maximum Gasteiger partial charge on any atom is 0.240 e. The Bertz CT molecular complexity index is 414. The van der Waals surface area contributed by atoms with Crippen molar-refractivity contribution < 1.29 is 13.2 Å². The minimum atomic E-state index is -3.44. The monoisotopic (exact) mass is 244 g/mol. The van der Waals surface area contributed by atoms with Crippen LogP contribution in [0.2, 0.25) is 0 Å². The van der Waals surface area contributed by atoms with Gasteiger partial charge in [-0.25, -0.2) is 13.1 Å². The van der Waals surface area contributed by atoms with Gasteiger partial charge in [0.1, 0.15) is 0 Å². The molecule has 0 aromatic heterocycles. The first-order chi connectivity index (χ1) is 7.56. The minimum absolute atomic E-state index is 0.207. The first-order valence-corrected chi connectivity index (χ1v) is 6.47. The molecule has 0 aliphatic heterocycles. The Balaban J connectivity index is 2.60. The highest BCUT2D eigenvalue weighted by Crippen LogP contribution is 2.10. The van der Waals surface area contributed by atoms with Crippen molar-refractivity contribution in [2.45, 2.75) is 11.8 Å². The normalized spacial score (nSPS) is 11.6. The molecule has 16 heavy (non-hydrogen) atoms. The zero-order valence-corrected chi connectivity index (χ0v) is 9.96. The summed E-state index contributed by atoms with van der Waals surface area (Å²) in [6.07, 6.45) is 0. The second kappa shape index (κ2) is 5.83. The Morgan fingerprint density at radius 1 is 1.31 bits per heavy atom. The van der Waals surface area contributed by atoms with Crippen molar-refractivity contribution in [3.63, 3.8) is 0 Å². The van der Waals surface area contributed by atoms with E-state index in [-0.39, 0.29) is 11.4 Å². The zero-order chi connectivity index (χ0) is 12.0. The summed E-state index contributed by atoms with van der Waals surface area (Å²) in [7, 11) is -3.44. The van der Waals surface area contributed by atoms with E-state index in [4.69, 9.17) is 10.5 Å². The summed E-state index contributed by atoms with van der Waals surface area (Å²) in [5.41, 5.74) is 6.01. The van der Waals surface area contributed by atoms with E-state index < -0.39 is 10.0 Å². The van der Waals surface area contributed by atoms with Gasteiger partial charge in [-0.05, 0) is 31.2 Å². The first kappa shape index (κ1) is 13.0. The number of nitrogen functional groups attached to an aromatic ring is 1. The molecule has 0 radical (unpaired) electrons. The van der Waals surface area contributed by atoms with Crippen molar-refractivity contribution in [3.8, 4) is 0 Å². The van der Waals surface area contributed by atoms with E-state index in [9.17, 15) is 8.42 Å². The van der Waals surface area contributed by atoms with E-state index in [1.165, 1.54) is 12.1 Å². The smallest absolute Gasteiger partial charge is 0.240 e. The molecule has 1 rings (SSSR count). The predicted molar refractivity (Wildman–Crippen MR) is 62.5 cm³/mol.